The molecule has 1 aromatic carbocycles. The van der Waals surface area contributed by atoms with E-state index >= 15 is 0 Å². The summed E-state index contributed by atoms with van der Waals surface area (Å²) in [6.45, 7) is 4.46. The first-order valence-corrected chi connectivity index (χ1v) is 8.99. The standard InChI is InChI=1S/C20H35N/c1-4-5-6-7-8-9-10-11-15-20(21-3)17-19-14-12-13-18(2)16-19/h12-14,16,20-21H,4-11,15,17H2,1-3H3. The number of nitrogens with one attached hydrogen (secondary N) is 1. The van der Waals surface area contributed by atoms with Crippen molar-refractivity contribution in [1.82, 2.24) is 5.32 Å². The van der Waals surface area contributed by atoms with Gasteiger partial charge in [0.2, 0.25) is 0 Å². The van der Waals surface area contributed by atoms with Crippen molar-refractivity contribution in [3.8, 4) is 0 Å². The number of hydrogen-bond acceptors (Lipinski definition) is 1. The summed E-state index contributed by atoms with van der Waals surface area (Å²) in [5.74, 6) is 0. The Kier molecular flexibility index (Phi) is 10.2. The van der Waals surface area contributed by atoms with Crippen LogP contribution in [-0.4, -0.2) is 13.1 Å². The quantitative estimate of drug-likeness (QED) is 0.490. The zero-order valence-corrected chi connectivity index (χ0v) is 14.5. The summed E-state index contributed by atoms with van der Waals surface area (Å²) in [4.78, 5) is 0. The normalized spacial score (nSPS) is 12.5. The number of rotatable bonds is 12. The molecule has 1 unspecified atom stereocenters. The third kappa shape index (κ3) is 8.93. The zero-order valence-electron chi connectivity index (χ0n) is 14.5. The molecule has 0 fully saturated rings. The topological polar surface area (TPSA) is 12.0 Å². The first-order chi connectivity index (χ1) is 10.3. The van der Waals surface area contributed by atoms with Gasteiger partial charge in [-0.1, -0.05) is 88.1 Å². The third-order valence-corrected chi connectivity index (χ3v) is 4.38. The summed E-state index contributed by atoms with van der Waals surface area (Å²) in [6.07, 6.45) is 13.7. The Morgan fingerprint density at radius 1 is 0.952 bits per heavy atom. The molecule has 0 aliphatic carbocycles. The molecule has 0 amide bonds. The lowest BCUT2D eigenvalue weighted by atomic mass is 9.98. The minimum absolute atomic E-state index is 0.631. The molecule has 0 aliphatic heterocycles. The maximum atomic E-state index is 3.49. The highest BCUT2D eigenvalue weighted by Gasteiger charge is 2.07. The molecule has 0 saturated heterocycles. The molecule has 1 atom stereocenters. The fourth-order valence-corrected chi connectivity index (χ4v) is 3.00. The van der Waals surface area contributed by atoms with E-state index in [1.165, 1.54) is 68.9 Å². The monoisotopic (exact) mass is 289 g/mol. The van der Waals surface area contributed by atoms with E-state index in [1.807, 2.05) is 0 Å². The summed E-state index contributed by atoms with van der Waals surface area (Å²) in [7, 11) is 2.10. The van der Waals surface area contributed by atoms with E-state index in [-0.39, 0.29) is 0 Å². The average molecular weight is 290 g/mol. The lowest BCUT2D eigenvalue weighted by Crippen LogP contribution is -2.27. The molecule has 0 heterocycles. The van der Waals surface area contributed by atoms with Gasteiger partial charge in [-0.3, -0.25) is 0 Å². The van der Waals surface area contributed by atoms with E-state index in [4.69, 9.17) is 0 Å². The SMILES string of the molecule is CCCCCCCCCCC(Cc1cccc(C)c1)NC. The fraction of sp³-hybridized carbons (Fsp3) is 0.700. The van der Waals surface area contributed by atoms with Crippen molar-refractivity contribution in [3.63, 3.8) is 0 Å². The Morgan fingerprint density at radius 3 is 2.24 bits per heavy atom. The number of unbranched alkanes of at least 4 members (excludes halogenated alkanes) is 7. The predicted molar refractivity (Wildman–Crippen MR) is 95.0 cm³/mol. The molecular formula is C20H35N. The van der Waals surface area contributed by atoms with Gasteiger partial charge in [-0.15, -0.1) is 0 Å². The minimum atomic E-state index is 0.631. The van der Waals surface area contributed by atoms with Gasteiger partial charge < -0.3 is 5.32 Å². The van der Waals surface area contributed by atoms with Gasteiger partial charge in [0.05, 0.1) is 0 Å². The van der Waals surface area contributed by atoms with Crippen molar-refractivity contribution in [1.29, 1.82) is 0 Å². The molecule has 120 valence electrons. The molecule has 21 heavy (non-hydrogen) atoms. The largest absolute Gasteiger partial charge is 0.317 e. The molecule has 0 aromatic heterocycles. The average Bonchev–Trinajstić information content (AvgIpc) is 2.48. The Labute approximate surface area is 132 Å². The molecule has 1 heteroatoms. The van der Waals surface area contributed by atoms with E-state index in [9.17, 15) is 0 Å². The molecule has 1 rings (SSSR count). The van der Waals surface area contributed by atoms with Crippen LogP contribution >= 0.6 is 0 Å². The Hall–Kier alpha value is -0.820. The second-order valence-corrected chi connectivity index (χ2v) is 6.44. The summed E-state index contributed by atoms with van der Waals surface area (Å²) in [5, 5.41) is 3.49. The van der Waals surface area contributed by atoms with E-state index < -0.39 is 0 Å². The third-order valence-electron chi connectivity index (χ3n) is 4.38. The van der Waals surface area contributed by atoms with E-state index in [0.29, 0.717) is 6.04 Å². The summed E-state index contributed by atoms with van der Waals surface area (Å²) in [6, 6.07) is 9.56. The van der Waals surface area contributed by atoms with Gasteiger partial charge in [0, 0.05) is 6.04 Å². The summed E-state index contributed by atoms with van der Waals surface area (Å²) < 4.78 is 0. The van der Waals surface area contributed by atoms with Crippen molar-refractivity contribution < 1.29 is 0 Å². The number of aryl methyl sites for hydroxylation is 1. The van der Waals surface area contributed by atoms with Gasteiger partial charge in [-0.25, -0.2) is 0 Å². The lowest BCUT2D eigenvalue weighted by molar-refractivity contribution is 0.477. The van der Waals surface area contributed by atoms with Crippen LogP contribution in [0.5, 0.6) is 0 Å². The molecule has 1 nitrogen and oxygen atoms in total. The first-order valence-electron chi connectivity index (χ1n) is 8.99. The maximum Gasteiger partial charge on any atom is 0.0104 e. The van der Waals surface area contributed by atoms with Crippen LogP contribution in [-0.2, 0) is 6.42 Å². The van der Waals surface area contributed by atoms with E-state index in [1.54, 1.807) is 0 Å². The molecule has 0 saturated carbocycles. The van der Waals surface area contributed by atoms with E-state index in [2.05, 4.69) is 50.5 Å². The smallest absolute Gasteiger partial charge is 0.0104 e. The number of hydrogen-bond donors (Lipinski definition) is 1. The van der Waals surface area contributed by atoms with Crippen LogP contribution in [0.1, 0.15) is 75.8 Å². The van der Waals surface area contributed by atoms with Crippen molar-refractivity contribution in [2.24, 2.45) is 0 Å². The second kappa shape index (κ2) is 11.8. The Balaban J connectivity index is 2.11. The summed E-state index contributed by atoms with van der Waals surface area (Å²) >= 11 is 0. The van der Waals surface area contributed by atoms with Crippen LogP contribution in [0.2, 0.25) is 0 Å². The van der Waals surface area contributed by atoms with Gasteiger partial charge in [0.25, 0.3) is 0 Å². The van der Waals surface area contributed by atoms with Gasteiger partial charge in [0.15, 0.2) is 0 Å². The van der Waals surface area contributed by atoms with Crippen LogP contribution in [0, 0.1) is 6.92 Å². The van der Waals surface area contributed by atoms with Crippen molar-refractivity contribution in [3.05, 3.63) is 35.4 Å². The molecular weight excluding hydrogens is 254 g/mol. The Morgan fingerprint density at radius 2 is 1.62 bits per heavy atom. The Bertz CT molecular complexity index is 359. The first kappa shape index (κ1) is 18.2. The van der Waals surface area contributed by atoms with Gasteiger partial charge in [0.1, 0.15) is 0 Å². The molecule has 1 N–H and O–H groups in total. The van der Waals surface area contributed by atoms with E-state index in [0.717, 1.165) is 6.42 Å². The number of likely N-dealkylation sites (N-methyl/N-ethyl adjacent to an activating group) is 1. The highest BCUT2D eigenvalue weighted by molar-refractivity contribution is 5.22. The van der Waals surface area contributed by atoms with Crippen LogP contribution in [0.3, 0.4) is 0 Å². The molecule has 0 aliphatic rings. The van der Waals surface area contributed by atoms with Crippen LogP contribution < -0.4 is 5.32 Å². The van der Waals surface area contributed by atoms with Gasteiger partial charge >= 0.3 is 0 Å². The number of benzene rings is 1. The van der Waals surface area contributed by atoms with Crippen LogP contribution in [0.25, 0.3) is 0 Å². The molecule has 0 bridgehead atoms. The fourth-order valence-electron chi connectivity index (χ4n) is 3.00. The predicted octanol–water partition coefficient (Wildman–Crippen LogP) is 5.66. The lowest BCUT2D eigenvalue weighted by Gasteiger charge is -2.16. The van der Waals surface area contributed by atoms with Crippen molar-refractivity contribution >= 4 is 0 Å². The molecule has 0 spiro atoms. The second-order valence-electron chi connectivity index (χ2n) is 6.44. The highest BCUT2D eigenvalue weighted by Crippen LogP contribution is 2.13. The molecule has 1 aromatic rings. The zero-order chi connectivity index (χ0) is 15.3. The summed E-state index contributed by atoms with van der Waals surface area (Å²) in [5.41, 5.74) is 2.84. The van der Waals surface area contributed by atoms with Crippen molar-refractivity contribution in [2.75, 3.05) is 7.05 Å². The minimum Gasteiger partial charge on any atom is -0.317 e. The van der Waals surface area contributed by atoms with Crippen LogP contribution in [0.4, 0.5) is 0 Å². The maximum absolute atomic E-state index is 3.49. The molecule has 0 radical (unpaired) electrons. The highest BCUT2D eigenvalue weighted by atomic mass is 14.9. The van der Waals surface area contributed by atoms with Crippen LogP contribution in [0.15, 0.2) is 24.3 Å². The van der Waals surface area contributed by atoms with Gasteiger partial charge in [-0.05, 0) is 32.4 Å². The van der Waals surface area contributed by atoms with Crippen molar-refractivity contribution in [2.45, 2.75) is 84.1 Å². The van der Waals surface area contributed by atoms with Gasteiger partial charge in [-0.2, -0.15) is 0 Å².